The van der Waals surface area contributed by atoms with Gasteiger partial charge in [-0.05, 0) is 19.3 Å². The summed E-state index contributed by atoms with van der Waals surface area (Å²) >= 11 is 0. The highest BCUT2D eigenvalue weighted by molar-refractivity contribution is 6.41. The average molecular weight is 222 g/mol. The smallest absolute Gasteiger partial charge is 0.208 e. The zero-order chi connectivity index (χ0) is 11.9. The number of carbonyl (C=O) groups is 2. The monoisotopic (exact) mass is 222 g/mol. The topological polar surface area (TPSA) is 43.4 Å². The first-order valence-corrected chi connectivity index (χ1v) is 5.97. The quantitative estimate of drug-likeness (QED) is 0.540. The molecule has 3 aliphatic carbocycles. The standard InChI is InChI=1S/C13H18O3/c1-4-16-10-6-8-5-9(7(2)3)11(10)13(15)12(8)14/h5,7-8,10-11H,4,6H2,1-3H3/t8-,10-,11+/m1/s1. The minimum Gasteiger partial charge on any atom is -0.377 e. The molecule has 0 aromatic carbocycles. The van der Waals surface area contributed by atoms with E-state index < -0.39 is 0 Å². The Labute approximate surface area is 95.9 Å². The number of rotatable bonds is 3. The molecule has 0 aliphatic heterocycles. The van der Waals surface area contributed by atoms with E-state index in [1.807, 2.05) is 13.0 Å². The molecule has 3 aliphatic rings. The fourth-order valence-corrected chi connectivity index (χ4v) is 2.77. The maximum Gasteiger partial charge on any atom is 0.208 e. The lowest BCUT2D eigenvalue weighted by Gasteiger charge is -2.40. The van der Waals surface area contributed by atoms with E-state index in [1.165, 1.54) is 0 Å². The van der Waals surface area contributed by atoms with Crippen molar-refractivity contribution in [3.8, 4) is 0 Å². The molecule has 88 valence electrons. The summed E-state index contributed by atoms with van der Waals surface area (Å²) in [5.41, 5.74) is 1.10. The maximum atomic E-state index is 11.9. The highest BCUT2D eigenvalue weighted by Crippen LogP contribution is 2.41. The van der Waals surface area contributed by atoms with Crippen LogP contribution in [0.25, 0.3) is 0 Å². The third-order valence-electron chi connectivity index (χ3n) is 3.52. The molecule has 3 heteroatoms. The summed E-state index contributed by atoms with van der Waals surface area (Å²) in [5, 5.41) is 0. The molecule has 0 heterocycles. The van der Waals surface area contributed by atoms with Crippen LogP contribution in [0.1, 0.15) is 27.2 Å². The van der Waals surface area contributed by atoms with Gasteiger partial charge in [-0.2, -0.15) is 0 Å². The minimum absolute atomic E-state index is 0.0809. The third kappa shape index (κ3) is 1.63. The van der Waals surface area contributed by atoms with Gasteiger partial charge < -0.3 is 4.74 Å². The van der Waals surface area contributed by atoms with Crippen LogP contribution in [0.3, 0.4) is 0 Å². The van der Waals surface area contributed by atoms with E-state index in [9.17, 15) is 9.59 Å². The van der Waals surface area contributed by atoms with Crippen molar-refractivity contribution in [1.82, 2.24) is 0 Å². The summed E-state index contributed by atoms with van der Waals surface area (Å²) in [6.07, 6.45) is 2.59. The molecule has 1 saturated carbocycles. The molecule has 16 heavy (non-hydrogen) atoms. The molecule has 0 saturated heterocycles. The number of Topliss-reactive ketones (excluding diaryl/α,β-unsaturated/α-hetero) is 2. The predicted octanol–water partition coefficient (Wildman–Crippen LogP) is 1.76. The van der Waals surface area contributed by atoms with Crippen LogP contribution >= 0.6 is 0 Å². The van der Waals surface area contributed by atoms with Crippen molar-refractivity contribution >= 4 is 11.6 Å². The number of hydrogen-bond acceptors (Lipinski definition) is 3. The summed E-state index contributed by atoms with van der Waals surface area (Å²) < 4.78 is 5.60. The third-order valence-corrected chi connectivity index (χ3v) is 3.52. The van der Waals surface area contributed by atoms with Gasteiger partial charge in [-0.3, -0.25) is 9.59 Å². The van der Waals surface area contributed by atoms with Crippen LogP contribution in [-0.4, -0.2) is 24.3 Å². The van der Waals surface area contributed by atoms with Crippen LogP contribution in [0.2, 0.25) is 0 Å². The molecule has 0 amide bonds. The fourth-order valence-electron chi connectivity index (χ4n) is 2.77. The van der Waals surface area contributed by atoms with Crippen LogP contribution in [0.15, 0.2) is 11.6 Å². The molecule has 0 aromatic heterocycles. The first-order valence-electron chi connectivity index (χ1n) is 5.97. The predicted molar refractivity (Wildman–Crippen MR) is 59.9 cm³/mol. The van der Waals surface area contributed by atoms with E-state index in [2.05, 4.69) is 13.8 Å². The minimum atomic E-state index is -0.308. The Bertz CT molecular complexity index is 354. The Balaban J connectivity index is 2.34. The first-order chi connectivity index (χ1) is 7.56. The highest BCUT2D eigenvalue weighted by atomic mass is 16.5. The second-order valence-electron chi connectivity index (χ2n) is 4.86. The van der Waals surface area contributed by atoms with Gasteiger partial charge in [0.25, 0.3) is 0 Å². The molecule has 0 aromatic rings. The van der Waals surface area contributed by atoms with Crippen molar-refractivity contribution < 1.29 is 14.3 Å². The maximum absolute atomic E-state index is 11.9. The molecule has 1 fully saturated rings. The Morgan fingerprint density at radius 1 is 1.38 bits per heavy atom. The lowest BCUT2D eigenvalue weighted by atomic mass is 9.65. The first kappa shape index (κ1) is 11.5. The molecule has 0 unspecified atom stereocenters. The molecular weight excluding hydrogens is 204 g/mol. The van der Waals surface area contributed by atoms with Crippen LogP contribution in [0.5, 0.6) is 0 Å². The van der Waals surface area contributed by atoms with Gasteiger partial charge in [0.1, 0.15) is 0 Å². The van der Waals surface area contributed by atoms with E-state index in [-0.39, 0.29) is 29.5 Å². The summed E-state index contributed by atoms with van der Waals surface area (Å²) in [5.74, 6) is -0.678. The van der Waals surface area contributed by atoms with Gasteiger partial charge in [-0.15, -0.1) is 0 Å². The number of ketones is 2. The van der Waals surface area contributed by atoms with E-state index in [0.717, 1.165) is 5.57 Å². The Morgan fingerprint density at radius 3 is 2.56 bits per heavy atom. The molecule has 0 radical (unpaired) electrons. The van der Waals surface area contributed by atoms with Crippen molar-refractivity contribution in [3.05, 3.63) is 11.6 Å². The lowest BCUT2D eigenvalue weighted by Crippen LogP contribution is -2.50. The van der Waals surface area contributed by atoms with Crippen LogP contribution < -0.4 is 0 Å². The molecule has 3 rings (SSSR count). The van der Waals surface area contributed by atoms with Gasteiger partial charge in [0.2, 0.25) is 11.6 Å². The van der Waals surface area contributed by atoms with Crippen LogP contribution in [0.4, 0.5) is 0 Å². The summed E-state index contributed by atoms with van der Waals surface area (Å²) in [6, 6.07) is 0. The van der Waals surface area contributed by atoms with Crippen molar-refractivity contribution in [2.24, 2.45) is 17.8 Å². The number of carbonyl (C=O) groups excluding carboxylic acids is 2. The fraction of sp³-hybridized carbons (Fsp3) is 0.692. The molecule has 3 atom stereocenters. The summed E-state index contributed by atoms with van der Waals surface area (Å²) in [4.78, 5) is 23.6. The lowest BCUT2D eigenvalue weighted by molar-refractivity contribution is -0.149. The van der Waals surface area contributed by atoms with E-state index in [0.29, 0.717) is 18.9 Å². The summed E-state index contributed by atoms with van der Waals surface area (Å²) in [7, 11) is 0. The largest absolute Gasteiger partial charge is 0.377 e. The zero-order valence-electron chi connectivity index (χ0n) is 10.0. The average Bonchev–Trinajstić information content (AvgIpc) is 2.24. The van der Waals surface area contributed by atoms with E-state index in [4.69, 9.17) is 4.74 Å². The van der Waals surface area contributed by atoms with Crippen molar-refractivity contribution in [3.63, 3.8) is 0 Å². The Morgan fingerprint density at radius 2 is 2.06 bits per heavy atom. The molecular formula is C13H18O3. The van der Waals surface area contributed by atoms with Gasteiger partial charge in [-0.1, -0.05) is 25.5 Å². The van der Waals surface area contributed by atoms with Gasteiger partial charge in [-0.25, -0.2) is 0 Å². The molecule has 0 spiro atoms. The van der Waals surface area contributed by atoms with Gasteiger partial charge in [0.15, 0.2) is 0 Å². The SMILES string of the molecule is CCO[C@@H]1C[C@H]2C=C(C(C)C)[C@@H]1C(=O)C2=O. The van der Waals surface area contributed by atoms with Crippen LogP contribution in [-0.2, 0) is 14.3 Å². The number of fused-ring (bicyclic) bond motifs is 2. The second-order valence-corrected chi connectivity index (χ2v) is 4.86. The summed E-state index contributed by atoms with van der Waals surface area (Å²) in [6.45, 7) is 6.65. The normalized spacial score (nSPS) is 33.5. The Hall–Kier alpha value is -0.960. The molecule has 0 N–H and O–H groups in total. The molecule has 3 nitrogen and oxygen atoms in total. The number of hydrogen-bond donors (Lipinski definition) is 0. The van der Waals surface area contributed by atoms with E-state index in [1.54, 1.807) is 0 Å². The highest BCUT2D eigenvalue weighted by Gasteiger charge is 2.48. The second kappa shape index (κ2) is 4.13. The Kier molecular flexibility index (Phi) is 2.98. The van der Waals surface area contributed by atoms with Crippen molar-refractivity contribution in [2.75, 3.05) is 6.61 Å². The van der Waals surface area contributed by atoms with Gasteiger partial charge in [0, 0.05) is 12.5 Å². The zero-order valence-corrected chi connectivity index (χ0v) is 10.0. The van der Waals surface area contributed by atoms with E-state index >= 15 is 0 Å². The number of ether oxygens (including phenoxy) is 1. The van der Waals surface area contributed by atoms with Gasteiger partial charge >= 0.3 is 0 Å². The van der Waals surface area contributed by atoms with Crippen molar-refractivity contribution in [2.45, 2.75) is 33.3 Å². The van der Waals surface area contributed by atoms with Gasteiger partial charge in [0.05, 0.1) is 12.0 Å². The molecule has 2 bridgehead atoms. The van der Waals surface area contributed by atoms with Crippen molar-refractivity contribution in [1.29, 1.82) is 0 Å². The number of allylic oxidation sites excluding steroid dienone is 1. The van der Waals surface area contributed by atoms with Crippen LogP contribution in [0, 0.1) is 17.8 Å².